The lowest BCUT2D eigenvalue weighted by atomic mass is 9.98. The summed E-state index contributed by atoms with van der Waals surface area (Å²) in [5, 5.41) is 9.81. The van der Waals surface area contributed by atoms with Crippen LogP contribution in [-0.4, -0.2) is 19.5 Å². The van der Waals surface area contributed by atoms with Gasteiger partial charge in [-0.1, -0.05) is 200 Å². The third kappa shape index (κ3) is 6.78. The molecule has 326 valence electrons. The van der Waals surface area contributed by atoms with Gasteiger partial charge in [0.2, 0.25) is 0 Å². The smallest absolute Gasteiger partial charge is 0.164 e. The van der Waals surface area contributed by atoms with E-state index in [1.54, 1.807) is 0 Å². The van der Waals surface area contributed by atoms with Gasteiger partial charge in [-0.2, -0.15) is 0 Å². The number of nitrogens with zero attached hydrogens (tertiary/aromatic N) is 4. The van der Waals surface area contributed by atoms with Crippen LogP contribution in [0.3, 0.4) is 0 Å². The van der Waals surface area contributed by atoms with Crippen molar-refractivity contribution < 1.29 is 0 Å². The molecular weight excluding hydrogens is 869 g/mol. The molecule has 0 saturated carbocycles. The van der Waals surface area contributed by atoms with E-state index in [4.69, 9.17) is 15.0 Å². The van der Waals surface area contributed by atoms with Gasteiger partial charge in [-0.05, 0) is 86.4 Å². The molecule has 5 heteroatoms. The van der Waals surface area contributed by atoms with Crippen molar-refractivity contribution in [3.8, 4) is 73.2 Å². The van der Waals surface area contributed by atoms with Gasteiger partial charge in [-0.15, -0.1) is 11.3 Å². The second-order valence-electron chi connectivity index (χ2n) is 18.0. The molecule has 0 atom stereocenters. The van der Waals surface area contributed by atoms with Crippen LogP contribution in [0.2, 0.25) is 0 Å². The summed E-state index contributed by atoms with van der Waals surface area (Å²) in [6, 6.07) is 87.2. The van der Waals surface area contributed by atoms with Crippen LogP contribution < -0.4 is 0 Å². The summed E-state index contributed by atoms with van der Waals surface area (Å²) in [4.78, 5) is 15.8. The number of fused-ring (bicyclic) bond motifs is 9. The second-order valence-corrected chi connectivity index (χ2v) is 19.1. The number of benzene rings is 11. The Balaban J connectivity index is 1.01. The van der Waals surface area contributed by atoms with Crippen molar-refractivity contribution in [2.75, 3.05) is 0 Å². The Bertz CT molecular complexity index is 4220. The fraction of sp³-hybridized carbons (Fsp3) is 0. The summed E-state index contributed by atoms with van der Waals surface area (Å²) in [6.45, 7) is 0. The summed E-state index contributed by atoms with van der Waals surface area (Å²) in [7, 11) is 0. The van der Waals surface area contributed by atoms with Crippen molar-refractivity contribution in [3.05, 3.63) is 243 Å². The van der Waals surface area contributed by atoms with Gasteiger partial charge < -0.3 is 4.57 Å². The predicted octanol–water partition coefficient (Wildman–Crippen LogP) is 17.6. The molecule has 0 radical (unpaired) electrons. The van der Waals surface area contributed by atoms with Gasteiger partial charge in [-0.3, -0.25) is 0 Å². The Morgan fingerprint density at radius 2 is 0.771 bits per heavy atom. The molecule has 0 unspecified atom stereocenters. The highest BCUT2D eigenvalue weighted by Crippen LogP contribution is 2.44. The molecule has 14 aromatic rings. The highest BCUT2D eigenvalue weighted by molar-refractivity contribution is 7.25. The van der Waals surface area contributed by atoms with Gasteiger partial charge >= 0.3 is 0 Å². The van der Waals surface area contributed by atoms with Crippen LogP contribution in [-0.2, 0) is 0 Å². The van der Waals surface area contributed by atoms with E-state index in [9.17, 15) is 0 Å². The minimum Gasteiger partial charge on any atom is -0.308 e. The normalized spacial score (nSPS) is 11.7. The van der Waals surface area contributed by atoms with Crippen molar-refractivity contribution in [3.63, 3.8) is 0 Å². The van der Waals surface area contributed by atoms with Crippen molar-refractivity contribution in [1.82, 2.24) is 19.5 Å². The fourth-order valence-corrected chi connectivity index (χ4v) is 11.5. The zero-order valence-corrected chi connectivity index (χ0v) is 38.6. The SMILES string of the molecule is c1ccc(-c2ccc(-c3nc(-c4ccc(-c5ccccc5)cc4)nc(-c4ccc(-n5c6cc7ccccc7cc6c6ccc7ccccc7c65)c(-c5ccc6c(c5)sc5ccccc56)c4)n3)cc2)cc1. The van der Waals surface area contributed by atoms with Crippen LogP contribution in [0.15, 0.2) is 243 Å². The van der Waals surface area contributed by atoms with Gasteiger partial charge in [0.05, 0.1) is 16.7 Å². The molecule has 0 spiro atoms. The maximum Gasteiger partial charge on any atom is 0.164 e. The quantitative estimate of drug-likeness (QED) is 0.160. The van der Waals surface area contributed by atoms with E-state index in [2.05, 4.69) is 235 Å². The Morgan fingerprint density at radius 3 is 1.44 bits per heavy atom. The van der Waals surface area contributed by atoms with E-state index in [1.165, 1.54) is 58.0 Å². The third-order valence-corrected chi connectivity index (χ3v) is 15.0. The Morgan fingerprint density at radius 1 is 0.286 bits per heavy atom. The summed E-state index contributed by atoms with van der Waals surface area (Å²) >= 11 is 1.84. The maximum absolute atomic E-state index is 5.32. The van der Waals surface area contributed by atoms with Crippen molar-refractivity contribution in [2.45, 2.75) is 0 Å². The minimum absolute atomic E-state index is 0.605. The molecule has 70 heavy (non-hydrogen) atoms. The molecule has 3 aromatic heterocycles. The zero-order valence-electron chi connectivity index (χ0n) is 37.8. The standard InChI is InChI=1S/C65H40N4S/c1-3-13-41(14-4-1)43-23-27-46(28-24-43)63-66-64(47-29-25-44(26-30-47)42-15-5-2-6-16-42)68-65(67-63)51-33-36-58(56(38-51)50-32-34-54-53-21-11-12-22-60(53)70-61(54)40-50)69-59-39-49-19-8-7-18-48(49)37-57(59)55-35-31-45-17-9-10-20-52(45)62(55)69/h1-40H. The summed E-state index contributed by atoms with van der Waals surface area (Å²) in [5.41, 5.74) is 13.0. The van der Waals surface area contributed by atoms with Crippen LogP contribution in [0.25, 0.3) is 137 Å². The van der Waals surface area contributed by atoms with E-state index in [1.807, 2.05) is 23.5 Å². The number of thiophene rings is 1. The first-order valence-electron chi connectivity index (χ1n) is 23.7. The first-order valence-corrected chi connectivity index (χ1v) is 24.5. The Hall–Kier alpha value is -9.03. The number of hydrogen-bond donors (Lipinski definition) is 0. The van der Waals surface area contributed by atoms with E-state index in [0.29, 0.717) is 17.5 Å². The molecule has 0 aliphatic heterocycles. The van der Waals surface area contributed by atoms with Crippen LogP contribution in [0.4, 0.5) is 0 Å². The lowest BCUT2D eigenvalue weighted by Gasteiger charge is -2.17. The zero-order chi connectivity index (χ0) is 46.1. The Labute approximate surface area is 408 Å². The highest BCUT2D eigenvalue weighted by atomic mass is 32.1. The topological polar surface area (TPSA) is 43.6 Å². The van der Waals surface area contributed by atoms with E-state index in [0.717, 1.165) is 61.3 Å². The third-order valence-electron chi connectivity index (χ3n) is 13.8. The number of aromatic nitrogens is 4. The van der Waals surface area contributed by atoms with Crippen molar-refractivity contribution in [1.29, 1.82) is 0 Å². The fourth-order valence-electron chi connectivity index (χ4n) is 10.4. The van der Waals surface area contributed by atoms with E-state index >= 15 is 0 Å². The first-order chi connectivity index (χ1) is 34.7. The molecule has 0 aliphatic carbocycles. The van der Waals surface area contributed by atoms with Gasteiger partial charge in [0, 0.05) is 58.6 Å². The maximum atomic E-state index is 5.32. The van der Waals surface area contributed by atoms with E-state index in [-0.39, 0.29) is 0 Å². The summed E-state index contributed by atoms with van der Waals surface area (Å²) in [6.07, 6.45) is 0. The molecule has 0 amide bonds. The first kappa shape index (κ1) is 40.1. The van der Waals surface area contributed by atoms with Crippen LogP contribution in [0.5, 0.6) is 0 Å². The molecule has 14 rings (SSSR count). The molecule has 0 aliphatic rings. The Kier molecular flexibility index (Phi) is 9.36. The summed E-state index contributed by atoms with van der Waals surface area (Å²) in [5.74, 6) is 1.84. The second kappa shape index (κ2) is 16.3. The highest BCUT2D eigenvalue weighted by Gasteiger charge is 2.22. The lowest BCUT2D eigenvalue weighted by Crippen LogP contribution is -2.02. The number of rotatable bonds is 7. The van der Waals surface area contributed by atoms with Gasteiger partial charge in [0.15, 0.2) is 17.5 Å². The average Bonchev–Trinajstić information content (AvgIpc) is 3.97. The predicted molar refractivity (Wildman–Crippen MR) is 295 cm³/mol. The van der Waals surface area contributed by atoms with Crippen molar-refractivity contribution in [2.24, 2.45) is 0 Å². The average molecular weight is 909 g/mol. The van der Waals surface area contributed by atoms with Crippen LogP contribution in [0, 0.1) is 0 Å². The minimum atomic E-state index is 0.605. The molecule has 4 nitrogen and oxygen atoms in total. The molecule has 0 bridgehead atoms. The largest absolute Gasteiger partial charge is 0.308 e. The van der Waals surface area contributed by atoms with Crippen molar-refractivity contribution >= 4 is 74.9 Å². The van der Waals surface area contributed by atoms with E-state index < -0.39 is 0 Å². The van der Waals surface area contributed by atoms with Crippen LogP contribution in [0.1, 0.15) is 0 Å². The lowest BCUT2D eigenvalue weighted by molar-refractivity contribution is 1.07. The number of hydrogen-bond acceptors (Lipinski definition) is 4. The molecule has 0 fully saturated rings. The van der Waals surface area contributed by atoms with Gasteiger partial charge in [0.1, 0.15) is 0 Å². The van der Waals surface area contributed by atoms with Crippen LogP contribution >= 0.6 is 11.3 Å². The molecular formula is C65H40N4S. The molecule has 0 saturated heterocycles. The monoisotopic (exact) mass is 908 g/mol. The molecule has 0 N–H and O–H groups in total. The molecule has 3 heterocycles. The summed E-state index contributed by atoms with van der Waals surface area (Å²) < 4.78 is 5.03. The molecule has 11 aromatic carbocycles. The van der Waals surface area contributed by atoms with Gasteiger partial charge in [-0.25, -0.2) is 15.0 Å². The van der Waals surface area contributed by atoms with Gasteiger partial charge in [0.25, 0.3) is 0 Å².